The number of aromatic nitrogens is 1. The zero-order valence-electron chi connectivity index (χ0n) is 22.6. The number of nitrogens with two attached hydrogens (primary N) is 1. The summed E-state index contributed by atoms with van der Waals surface area (Å²) in [6.07, 6.45) is 4.80. The Labute approximate surface area is 228 Å². The maximum Gasteiger partial charge on any atom is 0.257 e. The van der Waals surface area contributed by atoms with Gasteiger partial charge in [0.2, 0.25) is 0 Å². The molecule has 2 heterocycles. The number of thiophene rings is 1. The number of primary amides is 1. The van der Waals surface area contributed by atoms with Crippen LogP contribution in [0.4, 0.5) is 5.00 Å². The standard InChI is InChI=1S/C32H35N3O2S/c1-5-19-11-13-20(14-12-19)26-18-24(22-9-7-8-10-25(22)34-26)30(37)35-31-28(29(33)36)23-16-15-21(17-27(23)38-31)32(3,4)6-2/h7-14,18,21H,5-6,15-17H2,1-4H3,(H2,33,36)(H,35,37)/t21-/m1/s1. The molecule has 0 spiro atoms. The molecule has 0 saturated carbocycles. The van der Waals surface area contributed by atoms with Gasteiger partial charge in [0, 0.05) is 15.8 Å². The molecule has 1 aliphatic carbocycles. The quantitative estimate of drug-likeness (QED) is 0.263. The van der Waals surface area contributed by atoms with Crippen molar-refractivity contribution >= 4 is 39.1 Å². The van der Waals surface area contributed by atoms with Gasteiger partial charge >= 0.3 is 0 Å². The third-order valence-electron chi connectivity index (χ3n) is 8.37. The normalized spacial score (nSPS) is 15.3. The number of carbonyl (C=O) groups is 2. The number of rotatable bonds is 7. The molecule has 5 nitrogen and oxygen atoms in total. The number of nitrogens with one attached hydrogen (secondary N) is 1. The number of nitrogens with zero attached hydrogens (tertiary/aromatic N) is 1. The predicted molar refractivity (Wildman–Crippen MR) is 157 cm³/mol. The van der Waals surface area contributed by atoms with Crippen molar-refractivity contribution < 1.29 is 9.59 Å². The second-order valence-electron chi connectivity index (χ2n) is 10.9. The molecule has 0 fully saturated rings. The molecule has 2 aromatic heterocycles. The molecule has 0 unspecified atom stereocenters. The summed E-state index contributed by atoms with van der Waals surface area (Å²) in [5.41, 5.74) is 11.8. The topological polar surface area (TPSA) is 85.1 Å². The number of anilines is 1. The Kier molecular flexibility index (Phi) is 7.10. The van der Waals surface area contributed by atoms with Crippen molar-refractivity contribution in [2.24, 2.45) is 17.1 Å². The Bertz CT molecular complexity index is 1520. The van der Waals surface area contributed by atoms with Crippen molar-refractivity contribution in [2.75, 3.05) is 5.32 Å². The van der Waals surface area contributed by atoms with Gasteiger partial charge in [-0.1, -0.05) is 76.6 Å². The van der Waals surface area contributed by atoms with Crippen molar-refractivity contribution in [1.82, 2.24) is 4.98 Å². The van der Waals surface area contributed by atoms with E-state index in [1.54, 1.807) is 0 Å². The molecule has 196 valence electrons. The number of hydrogen-bond acceptors (Lipinski definition) is 4. The van der Waals surface area contributed by atoms with E-state index in [1.807, 2.05) is 42.5 Å². The number of pyridine rings is 1. The van der Waals surface area contributed by atoms with Gasteiger partial charge in [0.25, 0.3) is 11.8 Å². The van der Waals surface area contributed by atoms with Crippen LogP contribution in [-0.2, 0) is 19.3 Å². The Morgan fingerprint density at radius 2 is 1.84 bits per heavy atom. The molecule has 0 saturated heterocycles. The minimum absolute atomic E-state index is 0.222. The first-order chi connectivity index (χ1) is 18.2. The highest BCUT2D eigenvalue weighted by atomic mass is 32.1. The first-order valence-electron chi connectivity index (χ1n) is 13.5. The lowest BCUT2D eigenvalue weighted by Crippen LogP contribution is -2.29. The van der Waals surface area contributed by atoms with Gasteiger partial charge in [-0.15, -0.1) is 11.3 Å². The van der Waals surface area contributed by atoms with E-state index in [4.69, 9.17) is 10.7 Å². The van der Waals surface area contributed by atoms with Crippen molar-refractivity contribution in [3.63, 3.8) is 0 Å². The number of aryl methyl sites for hydroxylation is 1. The largest absolute Gasteiger partial charge is 0.365 e. The monoisotopic (exact) mass is 525 g/mol. The van der Waals surface area contributed by atoms with E-state index < -0.39 is 5.91 Å². The van der Waals surface area contributed by atoms with Crippen molar-refractivity contribution in [3.05, 3.63) is 81.7 Å². The zero-order chi connectivity index (χ0) is 27.0. The average molecular weight is 526 g/mol. The Morgan fingerprint density at radius 3 is 2.53 bits per heavy atom. The van der Waals surface area contributed by atoms with Gasteiger partial charge in [-0.25, -0.2) is 4.98 Å². The van der Waals surface area contributed by atoms with Crippen LogP contribution in [0.25, 0.3) is 22.2 Å². The molecule has 6 heteroatoms. The molecule has 4 aromatic rings. The summed E-state index contributed by atoms with van der Waals surface area (Å²) >= 11 is 1.51. The van der Waals surface area contributed by atoms with Gasteiger partial charge in [-0.05, 0) is 60.3 Å². The molecule has 3 N–H and O–H groups in total. The average Bonchev–Trinajstić information content (AvgIpc) is 3.29. The highest BCUT2D eigenvalue weighted by molar-refractivity contribution is 7.17. The molecule has 5 rings (SSSR count). The van der Waals surface area contributed by atoms with Crippen LogP contribution in [0.15, 0.2) is 54.6 Å². The molecule has 0 aliphatic heterocycles. The highest BCUT2D eigenvalue weighted by Gasteiger charge is 2.35. The van der Waals surface area contributed by atoms with Crippen LogP contribution in [0, 0.1) is 11.3 Å². The first kappa shape index (κ1) is 26.1. The molecule has 2 amide bonds. The van der Waals surface area contributed by atoms with Crippen molar-refractivity contribution in [1.29, 1.82) is 0 Å². The summed E-state index contributed by atoms with van der Waals surface area (Å²) in [6.45, 7) is 8.99. The lowest BCUT2D eigenvalue weighted by molar-refractivity contribution is 0.0999. The molecule has 1 atom stereocenters. The molecule has 2 aromatic carbocycles. The zero-order valence-corrected chi connectivity index (χ0v) is 23.4. The smallest absolute Gasteiger partial charge is 0.257 e. The molecular weight excluding hydrogens is 490 g/mol. The number of benzene rings is 2. The second-order valence-corrected chi connectivity index (χ2v) is 12.0. The molecule has 0 radical (unpaired) electrons. The van der Waals surface area contributed by atoms with Crippen LogP contribution in [-0.4, -0.2) is 16.8 Å². The SMILES string of the molecule is CCc1ccc(-c2cc(C(=O)Nc3sc4c(c3C(N)=O)CC[C@@H](C(C)(C)CC)C4)c3ccccc3n2)cc1. The number of amides is 2. The minimum Gasteiger partial charge on any atom is -0.365 e. The summed E-state index contributed by atoms with van der Waals surface area (Å²) in [6, 6.07) is 17.8. The number of hydrogen-bond donors (Lipinski definition) is 2. The van der Waals surface area contributed by atoms with E-state index in [9.17, 15) is 9.59 Å². The van der Waals surface area contributed by atoms with Crippen LogP contribution in [0.1, 0.15) is 77.3 Å². The fraction of sp³-hybridized carbons (Fsp3) is 0.344. The summed E-state index contributed by atoms with van der Waals surface area (Å²) < 4.78 is 0. The Hall–Kier alpha value is -3.51. The lowest BCUT2D eigenvalue weighted by atomic mass is 9.69. The van der Waals surface area contributed by atoms with E-state index >= 15 is 0 Å². The second kappa shape index (κ2) is 10.3. The van der Waals surface area contributed by atoms with Crippen LogP contribution in [0.5, 0.6) is 0 Å². The van der Waals surface area contributed by atoms with Crippen LogP contribution in [0.2, 0.25) is 0 Å². The molecule has 0 bridgehead atoms. The van der Waals surface area contributed by atoms with Crippen LogP contribution in [0.3, 0.4) is 0 Å². The summed E-state index contributed by atoms with van der Waals surface area (Å²) in [7, 11) is 0. The number of carbonyl (C=O) groups excluding carboxylic acids is 2. The fourth-order valence-corrected chi connectivity index (χ4v) is 6.81. The fourth-order valence-electron chi connectivity index (χ4n) is 5.48. The van der Waals surface area contributed by atoms with Gasteiger partial charge in [-0.2, -0.15) is 0 Å². The number of fused-ring (bicyclic) bond motifs is 2. The molecular formula is C32H35N3O2S. The first-order valence-corrected chi connectivity index (χ1v) is 14.3. The van der Waals surface area contributed by atoms with Crippen molar-refractivity contribution in [3.8, 4) is 11.3 Å². The van der Waals surface area contributed by atoms with Gasteiger partial charge in [-0.3, -0.25) is 9.59 Å². The van der Waals surface area contributed by atoms with E-state index in [1.165, 1.54) is 21.8 Å². The van der Waals surface area contributed by atoms with Gasteiger partial charge in [0.15, 0.2) is 0 Å². The van der Waals surface area contributed by atoms with E-state index in [0.717, 1.165) is 59.8 Å². The summed E-state index contributed by atoms with van der Waals surface area (Å²) in [5.74, 6) is -0.211. The van der Waals surface area contributed by atoms with Gasteiger partial charge in [0.05, 0.1) is 22.3 Å². The van der Waals surface area contributed by atoms with Crippen LogP contribution < -0.4 is 11.1 Å². The Morgan fingerprint density at radius 1 is 1.11 bits per heavy atom. The van der Waals surface area contributed by atoms with E-state index in [0.29, 0.717) is 22.0 Å². The van der Waals surface area contributed by atoms with E-state index in [-0.39, 0.29) is 11.3 Å². The van der Waals surface area contributed by atoms with Gasteiger partial charge < -0.3 is 11.1 Å². The van der Waals surface area contributed by atoms with Gasteiger partial charge in [0.1, 0.15) is 5.00 Å². The highest BCUT2D eigenvalue weighted by Crippen LogP contribution is 2.45. The molecule has 1 aliphatic rings. The molecule has 38 heavy (non-hydrogen) atoms. The minimum atomic E-state index is -0.484. The van der Waals surface area contributed by atoms with E-state index in [2.05, 4.69) is 45.1 Å². The summed E-state index contributed by atoms with van der Waals surface area (Å²) in [4.78, 5) is 32.4. The lowest BCUT2D eigenvalue weighted by Gasteiger charge is -2.36. The summed E-state index contributed by atoms with van der Waals surface area (Å²) in [5, 5.41) is 4.40. The maximum atomic E-state index is 13.8. The van der Waals surface area contributed by atoms with Crippen molar-refractivity contribution in [2.45, 2.75) is 59.8 Å². The predicted octanol–water partition coefficient (Wildman–Crippen LogP) is 7.42. The number of para-hydroxylation sites is 1. The van der Waals surface area contributed by atoms with Crippen LogP contribution >= 0.6 is 11.3 Å². The third-order valence-corrected chi connectivity index (χ3v) is 9.54. The third kappa shape index (κ3) is 4.85. The maximum absolute atomic E-state index is 13.8. The Balaban J connectivity index is 1.53.